The van der Waals surface area contributed by atoms with Gasteiger partial charge in [0.1, 0.15) is 5.01 Å². The summed E-state index contributed by atoms with van der Waals surface area (Å²) < 4.78 is 0. The van der Waals surface area contributed by atoms with Gasteiger partial charge in [-0.1, -0.05) is 53.8 Å². The van der Waals surface area contributed by atoms with Crippen LogP contribution in [-0.2, 0) is 11.2 Å². The number of aryl methyl sites for hydroxylation is 1. The molecule has 0 atom stereocenters. The van der Waals surface area contributed by atoms with Crippen molar-refractivity contribution < 1.29 is 4.79 Å². The number of rotatable bonds is 3. The third-order valence-corrected chi connectivity index (χ3v) is 5.54. The summed E-state index contributed by atoms with van der Waals surface area (Å²) in [6.45, 7) is 5.07. The van der Waals surface area contributed by atoms with E-state index in [4.69, 9.17) is 0 Å². The van der Waals surface area contributed by atoms with Crippen molar-refractivity contribution in [3.63, 3.8) is 0 Å². The van der Waals surface area contributed by atoms with Crippen LogP contribution in [0.4, 0.5) is 5.13 Å². The van der Waals surface area contributed by atoms with Crippen molar-refractivity contribution in [1.29, 1.82) is 0 Å². The van der Waals surface area contributed by atoms with Crippen molar-refractivity contribution in [1.82, 2.24) is 15.1 Å². The monoisotopic (exact) mass is 352 g/mol. The van der Waals surface area contributed by atoms with Gasteiger partial charge in [0.25, 0.3) is 0 Å². The highest BCUT2D eigenvalue weighted by Gasteiger charge is 2.23. The number of anilines is 1. The van der Waals surface area contributed by atoms with Crippen LogP contribution in [-0.4, -0.2) is 47.2 Å². The number of piperazine rings is 1. The Kier molecular flexibility index (Phi) is 4.36. The Hall–Kier alpha value is -2.47. The van der Waals surface area contributed by atoms with Crippen molar-refractivity contribution in [3.8, 4) is 0 Å². The summed E-state index contributed by atoms with van der Waals surface area (Å²) in [6.07, 6.45) is 0.458. The van der Waals surface area contributed by atoms with Gasteiger partial charge in [0, 0.05) is 26.2 Å². The number of benzene rings is 2. The molecule has 0 N–H and O–H groups in total. The number of amides is 1. The molecule has 0 spiro atoms. The Morgan fingerprint density at radius 1 is 1.04 bits per heavy atom. The normalized spacial score (nSPS) is 14.9. The third kappa shape index (κ3) is 3.35. The lowest BCUT2D eigenvalue weighted by Gasteiger charge is -2.34. The summed E-state index contributed by atoms with van der Waals surface area (Å²) >= 11 is 1.61. The molecule has 0 aliphatic carbocycles. The fourth-order valence-electron chi connectivity index (χ4n) is 3.28. The number of hydrogen-bond acceptors (Lipinski definition) is 5. The predicted molar refractivity (Wildman–Crippen MR) is 101 cm³/mol. The van der Waals surface area contributed by atoms with E-state index in [0.29, 0.717) is 6.42 Å². The molecular weight excluding hydrogens is 332 g/mol. The van der Waals surface area contributed by atoms with Crippen LogP contribution >= 0.6 is 11.3 Å². The molecule has 2 heterocycles. The van der Waals surface area contributed by atoms with E-state index < -0.39 is 0 Å². The summed E-state index contributed by atoms with van der Waals surface area (Å²) in [5.74, 6) is 0.199. The molecule has 1 aromatic heterocycles. The molecule has 0 radical (unpaired) electrons. The zero-order valence-electron chi connectivity index (χ0n) is 14.2. The zero-order valence-corrected chi connectivity index (χ0v) is 15.0. The largest absolute Gasteiger partial charge is 0.343 e. The van der Waals surface area contributed by atoms with Crippen LogP contribution < -0.4 is 4.90 Å². The van der Waals surface area contributed by atoms with Gasteiger partial charge in [-0.15, -0.1) is 10.2 Å². The van der Waals surface area contributed by atoms with Crippen molar-refractivity contribution in [2.24, 2.45) is 0 Å². The minimum Gasteiger partial charge on any atom is -0.343 e. The van der Waals surface area contributed by atoms with Crippen molar-refractivity contribution in [2.75, 3.05) is 31.1 Å². The molecule has 0 bridgehead atoms. The summed E-state index contributed by atoms with van der Waals surface area (Å²) in [6, 6.07) is 14.4. The van der Waals surface area contributed by atoms with Gasteiger partial charge in [-0.2, -0.15) is 0 Å². The summed E-state index contributed by atoms with van der Waals surface area (Å²) in [5.41, 5.74) is 1.10. The summed E-state index contributed by atoms with van der Waals surface area (Å²) in [5, 5.41) is 12.6. The summed E-state index contributed by atoms with van der Waals surface area (Å²) in [7, 11) is 0. The highest BCUT2D eigenvalue weighted by molar-refractivity contribution is 7.15. The van der Waals surface area contributed by atoms with Crippen LogP contribution in [0.25, 0.3) is 10.8 Å². The molecular formula is C19H20N4OS. The van der Waals surface area contributed by atoms with Gasteiger partial charge >= 0.3 is 0 Å². The topological polar surface area (TPSA) is 49.3 Å². The standard InChI is InChI=1S/C19H20N4OS/c1-14-20-21-19(25-14)23-11-9-22(10-12-23)18(24)13-16-7-4-6-15-5-2-3-8-17(15)16/h2-8H,9-13H2,1H3. The molecule has 1 amide bonds. The van der Waals surface area contributed by atoms with Gasteiger partial charge in [0.15, 0.2) is 0 Å². The number of hydrogen-bond donors (Lipinski definition) is 0. The maximum absolute atomic E-state index is 12.7. The molecule has 1 saturated heterocycles. The van der Waals surface area contributed by atoms with E-state index in [1.165, 1.54) is 10.8 Å². The van der Waals surface area contributed by atoms with Gasteiger partial charge in [-0.05, 0) is 23.3 Å². The number of aromatic nitrogens is 2. The Morgan fingerprint density at radius 2 is 1.80 bits per heavy atom. The molecule has 4 rings (SSSR count). The second kappa shape index (κ2) is 6.80. The van der Waals surface area contributed by atoms with Crippen molar-refractivity contribution in [2.45, 2.75) is 13.3 Å². The van der Waals surface area contributed by atoms with Gasteiger partial charge < -0.3 is 9.80 Å². The first-order valence-corrected chi connectivity index (χ1v) is 9.32. The highest BCUT2D eigenvalue weighted by atomic mass is 32.1. The minimum atomic E-state index is 0.199. The van der Waals surface area contributed by atoms with E-state index in [1.807, 2.05) is 30.0 Å². The number of carbonyl (C=O) groups is 1. The fraction of sp³-hybridized carbons (Fsp3) is 0.316. The van der Waals surface area contributed by atoms with Gasteiger partial charge in [0.2, 0.25) is 11.0 Å². The quantitative estimate of drug-likeness (QED) is 0.727. The van der Waals surface area contributed by atoms with Crippen LogP contribution in [0.2, 0.25) is 0 Å². The second-order valence-electron chi connectivity index (χ2n) is 6.29. The van der Waals surface area contributed by atoms with E-state index in [-0.39, 0.29) is 5.91 Å². The molecule has 6 heteroatoms. The van der Waals surface area contributed by atoms with E-state index in [1.54, 1.807) is 11.3 Å². The molecule has 1 fully saturated rings. The first kappa shape index (κ1) is 16.0. The van der Waals surface area contributed by atoms with E-state index in [9.17, 15) is 4.79 Å². The number of carbonyl (C=O) groups excluding carboxylic acids is 1. The average molecular weight is 352 g/mol. The smallest absolute Gasteiger partial charge is 0.227 e. The Morgan fingerprint density at radius 3 is 2.56 bits per heavy atom. The van der Waals surface area contributed by atoms with Gasteiger partial charge in [-0.3, -0.25) is 4.79 Å². The fourth-order valence-corrected chi connectivity index (χ4v) is 4.02. The third-order valence-electron chi connectivity index (χ3n) is 4.64. The molecule has 3 aromatic rings. The Bertz CT molecular complexity index is 894. The van der Waals surface area contributed by atoms with Crippen LogP contribution in [0.3, 0.4) is 0 Å². The SMILES string of the molecule is Cc1nnc(N2CCN(C(=O)Cc3cccc4ccccc34)CC2)s1. The second-order valence-corrected chi connectivity index (χ2v) is 7.45. The Labute approximate surface area is 150 Å². The maximum Gasteiger partial charge on any atom is 0.227 e. The Balaban J connectivity index is 1.42. The van der Waals surface area contributed by atoms with E-state index in [0.717, 1.165) is 41.9 Å². The molecule has 5 nitrogen and oxygen atoms in total. The summed E-state index contributed by atoms with van der Waals surface area (Å²) in [4.78, 5) is 16.9. The van der Waals surface area contributed by atoms with Crippen LogP contribution in [0.1, 0.15) is 10.6 Å². The van der Waals surface area contributed by atoms with E-state index >= 15 is 0 Å². The van der Waals surface area contributed by atoms with Crippen LogP contribution in [0, 0.1) is 6.92 Å². The highest BCUT2D eigenvalue weighted by Crippen LogP contribution is 2.22. The predicted octanol–water partition coefficient (Wildman–Crippen LogP) is 2.89. The molecule has 2 aromatic carbocycles. The van der Waals surface area contributed by atoms with Gasteiger partial charge in [-0.25, -0.2) is 0 Å². The van der Waals surface area contributed by atoms with Gasteiger partial charge in [0.05, 0.1) is 6.42 Å². The molecule has 1 aliphatic heterocycles. The van der Waals surface area contributed by atoms with Crippen molar-refractivity contribution in [3.05, 3.63) is 53.0 Å². The maximum atomic E-state index is 12.7. The lowest BCUT2D eigenvalue weighted by molar-refractivity contribution is -0.130. The number of fused-ring (bicyclic) bond motifs is 1. The lowest BCUT2D eigenvalue weighted by Crippen LogP contribution is -2.49. The van der Waals surface area contributed by atoms with Crippen molar-refractivity contribution >= 4 is 33.1 Å². The lowest BCUT2D eigenvalue weighted by atomic mass is 10.0. The average Bonchev–Trinajstić information content (AvgIpc) is 3.08. The molecule has 0 unspecified atom stereocenters. The first-order valence-electron chi connectivity index (χ1n) is 8.50. The van der Waals surface area contributed by atoms with E-state index in [2.05, 4.69) is 39.4 Å². The first-order chi connectivity index (χ1) is 12.2. The zero-order chi connectivity index (χ0) is 17.2. The molecule has 1 aliphatic rings. The van der Waals surface area contributed by atoms with Crippen LogP contribution in [0.5, 0.6) is 0 Å². The molecule has 0 saturated carbocycles. The van der Waals surface area contributed by atoms with Crippen LogP contribution in [0.15, 0.2) is 42.5 Å². The minimum absolute atomic E-state index is 0.199. The molecule has 25 heavy (non-hydrogen) atoms. The number of nitrogens with zero attached hydrogens (tertiary/aromatic N) is 4. The molecule has 128 valence electrons.